The standard InChI is InChI=1S/C22H27N5O2/c1-15-14-27(16(2)17-8-4-3-5-9-17)25-21(15)23-19(28)12-13-20-24-22(26-29-20)18-10-6-7-11-18/h3-5,8-9,14,16,18H,6-7,10-13H2,1-2H3,(H,23,25,28)/t16-/m1/s1. The highest BCUT2D eigenvalue weighted by molar-refractivity contribution is 5.90. The molecule has 0 unspecified atom stereocenters. The van der Waals surface area contributed by atoms with Gasteiger partial charge in [-0.05, 0) is 32.3 Å². The van der Waals surface area contributed by atoms with Gasteiger partial charge in [0.1, 0.15) is 0 Å². The maximum absolute atomic E-state index is 12.4. The molecule has 1 saturated carbocycles. The fourth-order valence-electron chi connectivity index (χ4n) is 3.82. The van der Waals surface area contributed by atoms with Gasteiger partial charge in [0.25, 0.3) is 0 Å². The molecule has 7 nitrogen and oxygen atoms in total. The number of anilines is 1. The van der Waals surface area contributed by atoms with Crippen molar-refractivity contribution in [3.63, 3.8) is 0 Å². The summed E-state index contributed by atoms with van der Waals surface area (Å²) >= 11 is 0. The Hall–Kier alpha value is -2.96. The van der Waals surface area contributed by atoms with Crippen molar-refractivity contribution in [2.75, 3.05) is 5.32 Å². The van der Waals surface area contributed by atoms with Gasteiger partial charge >= 0.3 is 0 Å². The predicted octanol–water partition coefficient (Wildman–Crippen LogP) is 4.41. The topological polar surface area (TPSA) is 85.8 Å². The van der Waals surface area contributed by atoms with Crippen molar-refractivity contribution in [3.05, 3.63) is 59.4 Å². The van der Waals surface area contributed by atoms with Crippen LogP contribution in [0.3, 0.4) is 0 Å². The van der Waals surface area contributed by atoms with Crippen molar-refractivity contribution in [3.8, 4) is 0 Å². The second kappa shape index (κ2) is 8.59. The monoisotopic (exact) mass is 393 g/mol. The molecule has 2 heterocycles. The molecule has 3 aromatic rings. The van der Waals surface area contributed by atoms with E-state index in [2.05, 4.69) is 39.6 Å². The average molecular weight is 393 g/mol. The van der Waals surface area contributed by atoms with Crippen LogP contribution in [-0.4, -0.2) is 25.8 Å². The normalized spacial score (nSPS) is 15.5. The van der Waals surface area contributed by atoms with E-state index >= 15 is 0 Å². The molecule has 1 aliphatic rings. The van der Waals surface area contributed by atoms with Gasteiger partial charge in [0.2, 0.25) is 11.8 Å². The summed E-state index contributed by atoms with van der Waals surface area (Å²) in [6, 6.07) is 10.3. The van der Waals surface area contributed by atoms with E-state index in [1.54, 1.807) is 0 Å². The number of carbonyl (C=O) groups is 1. The number of amides is 1. The lowest BCUT2D eigenvalue weighted by molar-refractivity contribution is -0.116. The number of rotatable bonds is 7. The quantitative estimate of drug-likeness (QED) is 0.642. The lowest BCUT2D eigenvalue weighted by Gasteiger charge is -2.12. The first-order valence-electron chi connectivity index (χ1n) is 10.3. The number of nitrogens with zero attached hydrogens (tertiary/aromatic N) is 4. The molecule has 29 heavy (non-hydrogen) atoms. The molecule has 0 spiro atoms. The summed E-state index contributed by atoms with van der Waals surface area (Å²) in [6.07, 6.45) is 7.39. The minimum Gasteiger partial charge on any atom is -0.339 e. The van der Waals surface area contributed by atoms with Gasteiger partial charge in [-0.25, -0.2) is 0 Å². The molecule has 1 N–H and O–H groups in total. The SMILES string of the molecule is Cc1cn([C@H](C)c2ccccc2)nc1NC(=O)CCc1nc(C2CCCC2)no1. The number of benzene rings is 1. The number of hydrogen-bond acceptors (Lipinski definition) is 5. The van der Waals surface area contributed by atoms with Crippen molar-refractivity contribution in [2.45, 2.75) is 64.3 Å². The van der Waals surface area contributed by atoms with E-state index in [1.807, 2.05) is 36.0 Å². The third kappa shape index (κ3) is 4.55. The molecule has 0 bridgehead atoms. The molecule has 1 aromatic carbocycles. The van der Waals surface area contributed by atoms with E-state index in [4.69, 9.17) is 4.52 Å². The van der Waals surface area contributed by atoms with E-state index in [0.717, 1.165) is 24.2 Å². The lowest BCUT2D eigenvalue weighted by atomic mass is 10.1. The zero-order chi connectivity index (χ0) is 20.2. The summed E-state index contributed by atoms with van der Waals surface area (Å²) in [5.41, 5.74) is 2.10. The van der Waals surface area contributed by atoms with Crippen LogP contribution in [0.2, 0.25) is 0 Å². The summed E-state index contributed by atoms with van der Waals surface area (Å²) in [6.45, 7) is 4.04. The van der Waals surface area contributed by atoms with Crippen LogP contribution in [0.1, 0.15) is 73.8 Å². The van der Waals surface area contributed by atoms with Crippen molar-refractivity contribution < 1.29 is 9.32 Å². The number of hydrogen-bond donors (Lipinski definition) is 1. The molecule has 4 rings (SSSR count). The van der Waals surface area contributed by atoms with E-state index in [1.165, 1.54) is 18.4 Å². The summed E-state index contributed by atoms with van der Waals surface area (Å²) in [4.78, 5) is 16.9. The van der Waals surface area contributed by atoms with Gasteiger partial charge < -0.3 is 9.84 Å². The Kier molecular flexibility index (Phi) is 5.74. The van der Waals surface area contributed by atoms with Crippen LogP contribution in [0.5, 0.6) is 0 Å². The smallest absolute Gasteiger partial charge is 0.227 e. The highest BCUT2D eigenvalue weighted by atomic mass is 16.5. The van der Waals surface area contributed by atoms with E-state index in [0.29, 0.717) is 24.0 Å². The molecule has 2 aromatic heterocycles. The third-order valence-electron chi connectivity index (χ3n) is 5.62. The second-order valence-corrected chi connectivity index (χ2v) is 7.80. The first-order chi connectivity index (χ1) is 14.1. The molecule has 1 fully saturated rings. The van der Waals surface area contributed by atoms with Gasteiger partial charge in [0.15, 0.2) is 11.6 Å². The van der Waals surface area contributed by atoms with Crippen LogP contribution < -0.4 is 5.32 Å². The average Bonchev–Trinajstić information content (AvgIpc) is 3.48. The van der Waals surface area contributed by atoms with E-state index < -0.39 is 0 Å². The maximum atomic E-state index is 12.4. The molecule has 0 radical (unpaired) electrons. The maximum Gasteiger partial charge on any atom is 0.227 e. The lowest BCUT2D eigenvalue weighted by Crippen LogP contribution is -2.14. The minimum absolute atomic E-state index is 0.0907. The van der Waals surface area contributed by atoms with Gasteiger partial charge in [0, 0.05) is 30.5 Å². The molecule has 0 saturated heterocycles. The largest absolute Gasteiger partial charge is 0.339 e. The first-order valence-corrected chi connectivity index (χ1v) is 10.3. The highest BCUT2D eigenvalue weighted by Crippen LogP contribution is 2.32. The highest BCUT2D eigenvalue weighted by Gasteiger charge is 2.22. The van der Waals surface area contributed by atoms with Crippen LogP contribution in [0.4, 0.5) is 5.82 Å². The van der Waals surface area contributed by atoms with E-state index in [9.17, 15) is 4.79 Å². The number of nitrogens with one attached hydrogen (secondary N) is 1. The van der Waals surface area contributed by atoms with Crippen LogP contribution in [-0.2, 0) is 11.2 Å². The Morgan fingerprint density at radius 3 is 2.79 bits per heavy atom. The predicted molar refractivity (Wildman–Crippen MR) is 110 cm³/mol. The van der Waals surface area contributed by atoms with Crippen LogP contribution in [0, 0.1) is 6.92 Å². The summed E-state index contributed by atoms with van der Waals surface area (Å²) in [7, 11) is 0. The Morgan fingerprint density at radius 1 is 1.28 bits per heavy atom. The Morgan fingerprint density at radius 2 is 2.03 bits per heavy atom. The van der Waals surface area contributed by atoms with Gasteiger partial charge in [-0.2, -0.15) is 10.1 Å². The molecule has 7 heteroatoms. The summed E-state index contributed by atoms with van der Waals surface area (Å²) < 4.78 is 7.21. The first kappa shape index (κ1) is 19.4. The molecule has 1 amide bonds. The molecule has 1 aliphatic carbocycles. The number of aromatic nitrogens is 4. The fourth-order valence-corrected chi connectivity index (χ4v) is 3.82. The Balaban J connectivity index is 1.33. The number of aryl methyl sites for hydroxylation is 2. The third-order valence-corrected chi connectivity index (χ3v) is 5.62. The van der Waals surface area contributed by atoms with Gasteiger partial charge in [-0.1, -0.05) is 48.3 Å². The van der Waals surface area contributed by atoms with E-state index in [-0.39, 0.29) is 18.4 Å². The van der Waals surface area contributed by atoms with Crippen LogP contribution in [0.15, 0.2) is 41.1 Å². The van der Waals surface area contributed by atoms with Crippen molar-refractivity contribution >= 4 is 11.7 Å². The van der Waals surface area contributed by atoms with Gasteiger partial charge in [-0.3, -0.25) is 9.48 Å². The fraction of sp³-hybridized carbons (Fsp3) is 0.455. The zero-order valence-corrected chi connectivity index (χ0v) is 17.0. The molecular weight excluding hydrogens is 366 g/mol. The Labute approximate surface area is 170 Å². The molecular formula is C22H27N5O2. The van der Waals surface area contributed by atoms with Crippen LogP contribution in [0.25, 0.3) is 0 Å². The van der Waals surface area contributed by atoms with Crippen molar-refractivity contribution in [1.29, 1.82) is 0 Å². The van der Waals surface area contributed by atoms with Crippen molar-refractivity contribution in [2.24, 2.45) is 0 Å². The molecule has 152 valence electrons. The van der Waals surface area contributed by atoms with Crippen molar-refractivity contribution in [1.82, 2.24) is 19.9 Å². The van der Waals surface area contributed by atoms with Gasteiger partial charge in [-0.15, -0.1) is 0 Å². The second-order valence-electron chi connectivity index (χ2n) is 7.80. The summed E-state index contributed by atoms with van der Waals surface area (Å²) in [5.74, 6) is 2.23. The Bertz CT molecular complexity index is 957. The minimum atomic E-state index is -0.105. The number of carbonyl (C=O) groups excluding carboxylic acids is 1. The molecule has 0 aliphatic heterocycles. The zero-order valence-electron chi connectivity index (χ0n) is 17.0. The molecule has 1 atom stereocenters. The van der Waals surface area contributed by atoms with Gasteiger partial charge in [0.05, 0.1) is 6.04 Å². The van der Waals surface area contributed by atoms with Crippen LogP contribution >= 0.6 is 0 Å². The summed E-state index contributed by atoms with van der Waals surface area (Å²) in [5, 5.41) is 11.6.